The van der Waals surface area contributed by atoms with E-state index in [2.05, 4.69) is 12.6 Å². The van der Waals surface area contributed by atoms with Crippen molar-refractivity contribution in [3.05, 3.63) is 35.1 Å². The first-order valence-corrected chi connectivity index (χ1v) is 4.22. The minimum atomic E-state index is -0.151. The molecule has 60 valence electrons. The van der Waals surface area contributed by atoms with Crippen molar-refractivity contribution in [3.63, 3.8) is 0 Å². The zero-order valence-corrected chi connectivity index (χ0v) is 7.37. The summed E-state index contributed by atoms with van der Waals surface area (Å²) >= 11 is 4.08. The Balaban J connectivity index is 2.89. The van der Waals surface area contributed by atoms with Crippen molar-refractivity contribution in [2.75, 3.05) is 5.75 Å². The van der Waals surface area contributed by atoms with Crippen LogP contribution >= 0.6 is 12.6 Å². The monoisotopic (exact) mass is 170 g/mol. The van der Waals surface area contributed by atoms with Crippen molar-refractivity contribution in [1.82, 2.24) is 0 Å². The van der Waals surface area contributed by atoms with E-state index in [0.717, 1.165) is 23.3 Å². The number of hydrogen-bond donors (Lipinski definition) is 1. The number of aryl methyl sites for hydroxylation is 2. The van der Waals surface area contributed by atoms with Crippen LogP contribution in [0.5, 0.6) is 0 Å². The molecule has 0 atom stereocenters. The molecule has 0 aliphatic rings. The van der Waals surface area contributed by atoms with Crippen molar-refractivity contribution in [1.29, 1.82) is 0 Å². The van der Waals surface area contributed by atoms with Crippen molar-refractivity contribution >= 4 is 12.6 Å². The highest BCUT2D eigenvalue weighted by atomic mass is 32.1. The molecule has 0 amide bonds. The van der Waals surface area contributed by atoms with Gasteiger partial charge in [0, 0.05) is 0 Å². The van der Waals surface area contributed by atoms with Gasteiger partial charge in [-0.05, 0) is 42.4 Å². The molecule has 0 aromatic heterocycles. The smallest absolute Gasteiger partial charge is 0.123 e. The average molecular weight is 170 g/mol. The molecule has 1 aromatic carbocycles. The molecule has 0 bridgehead atoms. The van der Waals surface area contributed by atoms with Crippen LogP contribution in [0.15, 0.2) is 18.2 Å². The minimum absolute atomic E-state index is 0.151. The molecule has 0 aliphatic heterocycles. The van der Waals surface area contributed by atoms with E-state index in [4.69, 9.17) is 0 Å². The molecule has 0 fully saturated rings. The zero-order chi connectivity index (χ0) is 8.27. The maximum absolute atomic E-state index is 12.7. The molecule has 0 saturated carbocycles. The largest absolute Gasteiger partial charge is 0.207 e. The van der Waals surface area contributed by atoms with Gasteiger partial charge in [-0.3, -0.25) is 0 Å². The van der Waals surface area contributed by atoms with Gasteiger partial charge in [0.1, 0.15) is 5.82 Å². The first kappa shape index (κ1) is 8.60. The quantitative estimate of drug-likeness (QED) is 0.648. The van der Waals surface area contributed by atoms with Gasteiger partial charge in [-0.25, -0.2) is 4.39 Å². The third-order valence-electron chi connectivity index (χ3n) is 1.50. The summed E-state index contributed by atoms with van der Waals surface area (Å²) in [5.74, 6) is 0.616. The third kappa shape index (κ3) is 2.54. The van der Waals surface area contributed by atoms with E-state index >= 15 is 0 Å². The van der Waals surface area contributed by atoms with E-state index in [0.29, 0.717) is 0 Å². The van der Waals surface area contributed by atoms with Crippen LogP contribution in [0.3, 0.4) is 0 Å². The van der Waals surface area contributed by atoms with E-state index < -0.39 is 0 Å². The lowest BCUT2D eigenvalue weighted by molar-refractivity contribution is 0.624. The molecule has 0 saturated heterocycles. The predicted molar refractivity (Wildman–Crippen MR) is 48.7 cm³/mol. The van der Waals surface area contributed by atoms with Crippen molar-refractivity contribution in [2.24, 2.45) is 0 Å². The van der Waals surface area contributed by atoms with Crippen LogP contribution < -0.4 is 0 Å². The molecule has 0 N–H and O–H groups in total. The maximum atomic E-state index is 12.7. The second kappa shape index (κ2) is 3.77. The van der Waals surface area contributed by atoms with Crippen LogP contribution in [-0.4, -0.2) is 5.75 Å². The van der Waals surface area contributed by atoms with Crippen molar-refractivity contribution in [2.45, 2.75) is 13.3 Å². The van der Waals surface area contributed by atoms with Gasteiger partial charge in [0.15, 0.2) is 0 Å². The lowest BCUT2D eigenvalue weighted by Crippen LogP contribution is -1.88. The van der Waals surface area contributed by atoms with Gasteiger partial charge in [-0.2, -0.15) is 12.6 Å². The number of benzene rings is 1. The highest BCUT2D eigenvalue weighted by molar-refractivity contribution is 7.80. The standard InChI is InChI=1S/C9H11FS/c1-7-4-8(2-3-11)6-9(10)5-7/h4-6,11H,2-3H2,1H3. The fourth-order valence-electron chi connectivity index (χ4n) is 1.09. The van der Waals surface area contributed by atoms with Crippen LogP contribution in [-0.2, 0) is 6.42 Å². The predicted octanol–water partition coefficient (Wildman–Crippen LogP) is 2.61. The molecule has 11 heavy (non-hydrogen) atoms. The van der Waals surface area contributed by atoms with Crippen molar-refractivity contribution in [3.8, 4) is 0 Å². The second-order valence-electron chi connectivity index (χ2n) is 2.61. The molecule has 1 rings (SSSR count). The number of rotatable bonds is 2. The summed E-state index contributed by atoms with van der Waals surface area (Å²) in [6.45, 7) is 1.89. The highest BCUT2D eigenvalue weighted by Crippen LogP contribution is 2.08. The Hall–Kier alpha value is -0.500. The molecule has 0 unspecified atom stereocenters. The van der Waals surface area contributed by atoms with Crippen LogP contribution in [0.25, 0.3) is 0 Å². The lowest BCUT2D eigenvalue weighted by atomic mass is 10.1. The van der Waals surface area contributed by atoms with Gasteiger partial charge in [0.25, 0.3) is 0 Å². The fraction of sp³-hybridized carbons (Fsp3) is 0.333. The molecule has 0 spiro atoms. The molecule has 1 aromatic rings. The Morgan fingerprint density at radius 3 is 2.64 bits per heavy atom. The Morgan fingerprint density at radius 1 is 1.36 bits per heavy atom. The number of halogens is 1. The summed E-state index contributed by atoms with van der Waals surface area (Å²) in [5.41, 5.74) is 2.00. The van der Waals surface area contributed by atoms with E-state index in [1.807, 2.05) is 13.0 Å². The first-order valence-electron chi connectivity index (χ1n) is 3.59. The second-order valence-corrected chi connectivity index (χ2v) is 3.06. The molecule has 0 radical (unpaired) electrons. The summed E-state index contributed by atoms with van der Waals surface area (Å²) in [7, 11) is 0. The van der Waals surface area contributed by atoms with Crippen LogP contribution in [0.4, 0.5) is 4.39 Å². The van der Waals surface area contributed by atoms with Crippen molar-refractivity contribution < 1.29 is 4.39 Å². The van der Waals surface area contributed by atoms with Crippen LogP contribution in [0.1, 0.15) is 11.1 Å². The number of hydrogen-bond acceptors (Lipinski definition) is 1. The highest BCUT2D eigenvalue weighted by Gasteiger charge is 1.95. The molecule has 2 heteroatoms. The van der Waals surface area contributed by atoms with E-state index in [1.54, 1.807) is 6.07 Å². The molecule has 0 heterocycles. The third-order valence-corrected chi connectivity index (χ3v) is 1.73. The number of thiol groups is 1. The Labute approximate surface area is 71.8 Å². The minimum Gasteiger partial charge on any atom is -0.207 e. The van der Waals surface area contributed by atoms with Gasteiger partial charge in [-0.1, -0.05) is 6.07 Å². The molecular formula is C9H11FS. The molecule has 0 nitrogen and oxygen atoms in total. The van der Waals surface area contributed by atoms with E-state index in [9.17, 15) is 4.39 Å². The average Bonchev–Trinajstić information content (AvgIpc) is 1.85. The maximum Gasteiger partial charge on any atom is 0.123 e. The lowest BCUT2D eigenvalue weighted by Gasteiger charge is -1.99. The molecular weight excluding hydrogens is 159 g/mol. The Kier molecular flexibility index (Phi) is 2.94. The van der Waals surface area contributed by atoms with Gasteiger partial charge in [-0.15, -0.1) is 0 Å². The van der Waals surface area contributed by atoms with Gasteiger partial charge >= 0.3 is 0 Å². The summed E-state index contributed by atoms with van der Waals surface area (Å²) in [6.07, 6.45) is 0.835. The Morgan fingerprint density at radius 2 is 2.09 bits per heavy atom. The van der Waals surface area contributed by atoms with Crippen LogP contribution in [0.2, 0.25) is 0 Å². The Bertz CT molecular complexity index is 225. The van der Waals surface area contributed by atoms with Gasteiger partial charge in [0.2, 0.25) is 0 Å². The van der Waals surface area contributed by atoms with Gasteiger partial charge < -0.3 is 0 Å². The first-order chi connectivity index (χ1) is 5.22. The van der Waals surface area contributed by atoms with E-state index in [1.165, 1.54) is 6.07 Å². The fourth-order valence-corrected chi connectivity index (χ4v) is 1.34. The topological polar surface area (TPSA) is 0 Å². The molecule has 0 aliphatic carbocycles. The SMILES string of the molecule is Cc1cc(F)cc(CCS)c1. The summed E-state index contributed by atoms with van der Waals surface area (Å²) < 4.78 is 12.7. The van der Waals surface area contributed by atoms with E-state index in [-0.39, 0.29) is 5.82 Å². The zero-order valence-electron chi connectivity index (χ0n) is 6.47. The summed E-state index contributed by atoms with van der Waals surface area (Å²) in [5, 5.41) is 0. The summed E-state index contributed by atoms with van der Waals surface area (Å²) in [4.78, 5) is 0. The van der Waals surface area contributed by atoms with Gasteiger partial charge in [0.05, 0.1) is 0 Å². The van der Waals surface area contributed by atoms with Crippen LogP contribution in [0, 0.1) is 12.7 Å². The normalized spacial score (nSPS) is 10.1. The summed E-state index contributed by atoms with van der Waals surface area (Å²) in [6, 6.07) is 5.07.